The highest BCUT2D eigenvalue weighted by Crippen LogP contribution is 2.42. The Morgan fingerprint density at radius 2 is 2.06 bits per heavy atom. The number of hydrogen-bond acceptors (Lipinski definition) is 7. The summed E-state index contributed by atoms with van der Waals surface area (Å²) in [6.07, 6.45) is 3.25. The molecule has 0 fully saturated rings. The lowest BCUT2D eigenvalue weighted by atomic mass is 10.00. The van der Waals surface area contributed by atoms with Gasteiger partial charge >= 0.3 is 0 Å². The van der Waals surface area contributed by atoms with Crippen molar-refractivity contribution in [1.82, 2.24) is 9.88 Å². The molecule has 9 heteroatoms. The molecule has 1 atom stereocenters. The van der Waals surface area contributed by atoms with Crippen molar-refractivity contribution in [2.45, 2.75) is 12.6 Å². The van der Waals surface area contributed by atoms with E-state index < -0.39 is 23.5 Å². The predicted molar refractivity (Wildman–Crippen MR) is 124 cm³/mol. The number of aromatic nitrogens is 1. The van der Waals surface area contributed by atoms with Gasteiger partial charge in [0.2, 0.25) is 5.78 Å². The number of thiophene rings is 1. The normalized spacial score (nSPS) is 16.1. The number of rotatable bonds is 6. The lowest BCUT2D eigenvalue weighted by molar-refractivity contribution is -0.130. The van der Waals surface area contributed by atoms with Gasteiger partial charge in [0.25, 0.3) is 5.91 Å². The van der Waals surface area contributed by atoms with Crippen LogP contribution in [0.2, 0.25) is 5.02 Å². The van der Waals surface area contributed by atoms with Crippen molar-refractivity contribution >= 4 is 45.6 Å². The molecule has 0 saturated heterocycles. The molecule has 7 nitrogen and oxygen atoms in total. The van der Waals surface area contributed by atoms with Crippen LogP contribution in [0.5, 0.6) is 5.75 Å². The minimum Gasteiger partial charge on any atom is -0.503 e. The molecule has 1 aliphatic rings. The van der Waals surface area contributed by atoms with Crippen molar-refractivity contribution in [3.8, 4) is 5.75 Å². The molecule has 5 rings (SSSR count). The molecular weight excluding hydrogens is 464 g/mol. The van der Waals surface area contributed by atoms with Gasteiger partial charge in [0.05, 0.1) is 12.7 Å². The van der Waals surface area contributed by atoms with E-state index in [9.17, 15) is 14.7 Å². The summed E-state index contributed by atoms with van der Waals surface area (Å²) in [4.78, 5) is 32.9. The molecule has 3 aromatic heterocycles. The Hall–Kier alpha value is -3.62. The molecule has 4 aromatic rings. The van der Waals surface area contributed by atoms with Gasteiger partial charge in [-0.25, -0.2) is 0 Å². The molecule has 1 aromatic carbocycles. The Labute approximate surface area is 197 Å². The van der Waals surface area contributed by atoms with Gasteiger partial charge in [-0.05, 0) is 41.3 Å². The number of halogens is 1. The van der Waals surface area contributed by atoms with E-state index >= 15 is 0 Å². The first kappa shape index (κ1) is 21.2. The number of amides is 1. The van der Waals surface area contributed by atoms with E-state index in [0.29, 0.717) is 21.7 Å². The maximum atomic E-state index is 13.6. The molecule has 0 spiro atoms. The predicted octanol–water partition coefficient (Wildman–Crippen LogP) is 5.33. The Kier molecular flexibility index (Phi) is 5.39. The maximum absolute atomic E-state index is 13.6. The Morgan fingerprint density at radius 3 is 2.76 bits per heavy atom. The Bertz CT molecular complexity index is 1400. The number of fused-ring (bicyclic) bond motifs is 1. The molecule has 0 saturated carbocycles. The molecule has 1 amide bonds. The number of ether oxygens (including phenoxy) is 1. The van der Waals surface area contributed by atoms with Crippen LogP contribution in [0.25, 0.3) is 11.0 Å². The quantitative estimate of drug-likeness (QED) is 0.375. The second-order valence-electron chi connectivity index (χ2n) is 7.43. The molecule has 33 heavy (non-hydrogen) atoms. The molecule has 1 aliphatic heterocycles. The summed E-state index contributed by atoms with van der Waals surface area (Å²) in [6.45, 7) is 0.203. The summed E-state index contributed by atoms with van der Waals surface area (Å²) >= 11 is 7.53. The van der Waals surface area contributed by atoms with Crippen LogP contribution in [0.15, 0.2) is 76.0 Å². The Balaban J connectivity index is 1.59. The van der Waals surface area contributed by atoms with Crippen LogP contribution in [0.3, 0.4) is 0 Å². The number of furan rings is 1. The van der Waals surface area contributed by atoms with Crippen molar-refractivity contribution in [2.24, 2.45) is 0 Å². The summed E-state index contributed by atoms with van der Waals surface area (Å²) in [5.41, 5.74) is 1.15. The number of aliphatic hydroxyl groups is 1. The largest absolute Gasteiger partial charge is 0.503 e. The maximum Gasteiger partial charge on any atom is 0.290 e. The van der Waals surface area contributed by atoms with Gasteiger partial charge in [0.1, 0.15) is 6.04 Å². The fraction of sp³-hybridized carbons (Fsp3) is 0.125. The van der Waals surface area contributed by atoms with E-state index in [0.717, 1.165) is 10.4 Å². The van der Waals surface area contributed by atoms with Crippen molar-refractivity contribution in [3.05, 3.63) is 92.8 Å². The standard InChI is InChI=1S/C24H17ClN2O5S/c1-31-17-11-15(25)9-14-10-16(32-23(14)17)21(28)19-20(18-3-2-8-33-18)27(24(30)22(19)29)12-13-4-6-26-7-5-13/h2-11,20,29H,12H2,1H3. The Morgan fingerprint density at radius 1 is 1.27 bits per heavy atom. The van der Waals surface area contributed by atoms with Gasteiger partial charge in [-0.1, -0.05) is 17.7 Å². The second-order valence-corrected chi connectivity index (χ2v) is 8.85. The van der Waals surface area contributed by atoms with E-state index in [4.69, 9.17) is 20.8 Å². The number of aliphatic hydroxyl groups excluding tert-OH is 1. The van der Waals surface area contributed by atoms with Gasteiger partial charge < -0.3 is 19.2 Å². The third-order valence-corrected chi connectivity index (χ3v) is 6.60. The topological polar surface area (TPSA) is 92.9 Å². The number of carbonyl (C=O) groups is 2. The van der Waals surface area contributed by atoms with Gasteiger partial charge in [-0.2, -0.15) is 0 Å². The number of nitrogens with zero attached hydrogens (tertiary/aromatic N) is 2. The zero-order valence-electron chi connectivity index (χ0n) is 17.3. The number of Topliss-reactive ketones (excluding diaryl/α,β-unsaturated/α-hetero) is 1. The third kappa shape index (κ3) is 3.67. The van der Waals surface area contributed by atoms with E-state index in [1.807, 2.05) is 17.5 Å². The highest BCUT2D eigenvalue weighted by molar-refractivity contribution is 7.10. The van der Waals surface area contributed by atoms with E-state index in [2.05, 4.69) is 4.98 Å². The number of hydrogen-bond donors (Lipinski definition) is 1. The first-order chi connectivity index (χ1) is 16.0. The molecule has 0 aliphatic carbocycles. The zero-order valence-corrected chi connectivity index (χ0v) is 18.9. The fourth-order valence-electron chi connectivity index (χ4n) is 3.96. The van der Waals surface area contributed by atoms with E-state index in [1.165, 1.54) is 29.4 Å². The van der Waals surface area contributed by atoms with Gasteiger partial charge in [-0.15, -0.1) is 11.3 Å². The van der Waals surface area contributed by atoms with Crippen LogP contribution < -0.4 is 4.74 Å². The number of carbonyl (C=O) groups excluding carboxylic acids is 2. The third-order valence-electron chi connectivity index (χ3n) is 5.45. The minimum absolute atomic E-state index is 0.0211. The lowest BCUT2D eigenvalue weighted by Crippen LogP contribution is -2.30. The monoisotopic (exact) mass is 480 g/mol. The van der Waals surface area contributed by atoms with Gasteiger partial charge in [0, 0.05) is 40.3 Å². The number of methoxy groups -OCH3 is 1. The summed E-state index contributed by atoms with van der Waals surface area (Å²) in [6, 6.07) is 11.2. The first-order valence-electron chi connectivity index (χ1n) is 9.96. The molecule has 166 valence electrons. The highest BCUT2D eigenvalue weighted by atomic mass is 35.5. The summed E-state index contributed by atoms with van der Waals surface area (Å²) < 4.78 is 11.1. The van der Waals surface area contributed by atoms with Gasteiger partial charge in [-0.3, -0.25) is 14.6 Å². The SMILES string of the molecule is COc1cc(Cl)cc2cc(C(=O)C3=C(O)C(=O)N(Cc4ccncc4)C3c3cccs3)oc12. The fourth-order valence-corrected chi connectivity index (χ4v) is 5.02. The number of ketones is 1. The van der Waals surface area contributed by atoms with Crippen molar-refractivity contribution in [1.29, 1.82) is 0 Å². The molecular formula is C24H17ClN2O5S. The molecule has 1 unspecified atom stereocenters. The average Bonchev–Trinajstić information content (AvgIpc) is 3.54. The van der Waals surface area contributed by atoms with Crippen molar-refractivity contribution < 1.29 is 23.8 Å². The minimum atomic E-state index is -0.753. The smallest absolute Gasteiger partial charge is 0.290 e. The highest BCUT2D eigenvalue weighted by Gasteiger charge is 2.45. The van der Waals surface area contributed by atoms with E-state index in [-0.39, 0.29) is 17.9 Å². The molecule has 0 bridgehead atoms. The summed E-state index contributed by atoms with van der Waals surface area (Å²) in [5.74, 6) is -1.42. The number of benzene rings is 1. The summed E-state index contributed by atoms with van der Waals surface area (Å²) in [7, 11) is 1.48. The van der Waals surface area contributed by atoms with Crippen LogP contribution in [0, 0.1) is 0 Å². The lowest BCUT2D eigenvalue weighted by Gasteiger charge is -2.25. The van der Waals surface area contributed by atoms with Crippen LogP contribution in [0.4, 0.5) is 0 Å². The van der Waals surface area contributed by atoms with E-state index in [1.54, 1.807) is 36.7 Å². The first-order valence-corrected chi connectivity index (χ1v) is 11.2. The number of pyridine rings is 1. The van der Waals surface area contributed by atoms with Crippen LogP contribution in [-0.4, -0.2) is 33.8 Å². The zero-order chi connectivity index (χ0) is 23.1. The molecule has 1 N–H and O–H groups in total. The van der Waals surface area contributed by atoms with Crippen molar-refractivity contribution in [3.63, 3.8) is 0 Å². The van der Waals surface area contributed by atoms with Crippen LogP contribution in [0.1, 0.15) is 27.0 Å². The average molecular weight is 481 g/mol. The van der Waals surface area contributed by atoms with Gasteiger partial charge in [0.15, 0.2) is 22.9 Å². The van der Waals surface area contributed by atoms with Crippen molar-refractivity contribution in [2.75, 3.05) is 7.11 Å². The second kappa shape index (κ2) is 8.38. The van der Waals surface area contributed by atoms with Crippen LogP contribution >= 0.6 is 22.9 Å². The molecule has 4 heterocycles. The van der Waals surface area contributed by atoms with Crippen LogP contribution in [-0.2, 0) is 11.3 Å². The summed E-state index contributed by atoms with van der Waals surface area (Å²) in [5, 5.41) is 13.7. The molecule has 0 radical (unpaired) electrons.